The van der Waals surface area contributed by atoms with E-state index >= 15 is 0 Å². The summed E-state index contributed by atoms with van der Waals surface area (Å²) in [7, 11) is 1.80. The molecule has 1 N–H and O–H groups in total. The van der Waals surface area contributed by atoms with Gasteiger partial charge in [0.25, 0.3) is 5.91 Å². The maximum absolute atomic E-state index is 12.2. The average molecular weight is 278 g/mol. The zero-order chi connectivity index (χ0) is 15.0. The zero-order valence-corrected chi connectivity index (χ0v) is 13.0. The van der Waals surface area contributed by atoms with Gasteiger partial charge in [0.15, 0.2) is 0 Å². The SMILES string of the molecule is CCCNc1ccc(C(=O)N(C)CCOC(C)C)cc1. The molecular formula is C16H26N2O2. The van der Waals surface area contributed by atoms with Crippen LogP contribution in [0.15, 0.2) is 24.3 Å². The third kappa shape index (κ3) is 5.61. The van der Waals surface area contributed by atoms with Gasteiger partial charge in [-0.2, -0.15) is 0 Å². The van der Waals surface area contributed by atoms with Crippen LogP contribution in [-0.2, 0) is 4.74 Å². The van der Waals surface area contributed by atoms with Crippen molar-refractivity contribution in [2.75, 3.05) is 32.1 Å². The number of nitrogens with one attached hydrogen (secondary N) is 1. The maximum Gasteiger partial charge on any atom is 0.253 e. The van der Waals surface area contributed by atoms with Crippen LogP contribution in [0.2, 0.25) is 0 Å². The lowest BCUT2D eigenvalue weighted by Crippen LogP contribution is -2.30. The molecule has 0 bridgehead atoms. The number of carbonyl (C=O) groups excluding carboxylic acids is 1. The first-order chi connectivity index (χ1) is 9.54. The van der Waals surface area contributed by atoms with Crippen LogP contribution in [0.4, 0.5) is 5.69 Å². The van der Waals surface area contributed by atoms with Crippen molar-refractivity contribution < 1.29 is 9.53 Å². The van der Waals surface area contributed by atoms with Crippen LogP contribution in [0.3, 0.4) is 0 Å². The van der Waals surface area contributed by atoms with E-state index in [2.05, 4.69) is 12.2 Å². The van der Waals surface area contributed by atoms with Gasteiger partial charge < -0.3 is 15.0 Å². The summed E-state index contributed by atoms with van der Waals surface area (Å²) in [6, 6.07) is 7.61. The Labute approximate surface area is 122 Å². The van der Waals surface area contributed by atoms with E-state index in [1.165, 1.54) is 0 Å². The third-order valence-electron chi connectivity index (χ3n) is 2.94. The molecule has 20 heavy (non-hydrogen) atoms. The number of ether oxygens (including phenoxy) is 1. The third-order valence-corrected chi connectivity index (χ3v) is 2.94. The Kier molecular flexibility index (Phi) is 7.09. The molecule has 0 aliphatic rings. The molecule has 0 spiro atoms. The number of nitrogens with zero attached hydrogens (tertiary/aromatic N) is 1. The number of hydrogen-bond donors (Lipinski definition) is 1. The molecule has 0 saturated heterocycles. The quantitative estimate of drug-likeness (QED) is 0.795. The Morgan fingerprint density at radius 3 is 2.50 bits per heavy atom. The molecule has 1 aromatic carbocycles. The monoisotopic (exact) mass is 278 g/mol. The van der Waals surface area contributed by atoms with Gasteiger partial charge in [-0.1, -0.05) is 6.92 Å². The van der Waals surface area contributed by atoms with E-state index < -0.39 is 0 Å². The first-order valence-electron chi connectivity index (χ1n) is 7.25. The van der Waals surface area contributed by atoms with Crippen molar-refractivity contribution in [1.82, 2.24) is 4.90 Å². The highest BCUT2D eigenvalue weighted by Crippen LogP contribution is 2.11. The summed E-state index contributed by atoms with van der Waals surface area (Å²) in [6.07, 6.45) is 1.28. The lowest BCUT2D eigenvalue weighted by Gasteiger charge is -2.18. The smallest absolute Gasteiger partial charge is 0.253 e. The molecule has 4 heteroatoms. The Morgan fingerprint density at radius 2 is 1.95 bits per heavy atom. The van der Waals surface area contributed by atoms with Gasteiger partial charge in [0.1, 0.15) is 0 Å². The van der Waals surface area contributed by atoms with Gasteiger partial charge in [0.05, 0.1) is 12.7 Å². The molecule has 0 aliphatic carbocycles. The molecule has 0 fully saturated rings. The number of anilines is 1. The van der Waals surface area contributed by atoms with Gasteiger partial charge in [0, 0.05) is 31.4 Å². The van der Waals surface area contributed by atoms with Gasteiger partial charge in [-0.15, -0.1) is 0 Å². The molecule has 1 rings (SSSR count). The lowest BCUT2D eigenvalue weighted by molar-refractivity contribution is 0.0532. The largest absolute Gasteiger partial charge is 0.385 e. The molecular weight excluding hydrogens is 252 g/mol. The molecule has 1 amide bonds. The predicted molar refractivity (Wildman–Crippen MR) is 83.3 cm³/mol. The second-order valence-corrected chi connectivity index (χ2v) is 5.15. The minimum Gasteiger partial charge on any atom is -0.385 e. The first-order valence-corrected chi connectivity index (χ1v) is 7.25. The van der Waals surface area contributed by atoms with Crippen LogP contribution in [0.1, 0.15) is 37.6 Å². The summed E-state index contributed by atoms with van der Waals surface area (Å²) < 4.78 is 5.46. The van der Waals surface area contributed by atoms with Crippen molar-refractivity contribution in [3.05, 3.63) is 29.8 Å². The Bertz CT molecular complexity index is 401. The van der Waals surface area contributed by atoms with Crippen molar-refractivity contribution in [3.8, 4) is 0 Å². The normalized spacial score (nSPS) is 10.7. The van der Waals surface area contributed by atoms with Gasteiger partial charge >= 0.3 is 0 Å². The number of hydrogen-bond acceptors (Lipinski definition) is 3. The van der Waals surface area contributed by atoms with E-state index in [-0.39, 0.29) is 12.0 Å². The van der Waals surface area contributed by atoms with Crippen molar-refractivity contribution in [1.29, 1.82) is 0 Å². The summed E-state index contributed by atoms with van der Waals surface area (Å²) >= 11 is 0. The molecule has 0 saturated carbocycles. The van der Waals surface area contributed by atoms with E-state index in [4.69, 9.17) is 4.74 Å². The van der Waals surface area contributed by atoms with E-state index in [1.54, 1.807) is 11.9 Å². The highest BCUT2D eigenvalue weighted by Gasteiger charge is 2.11. The van der Waals surface area contributed by atoms with Crippen LogP contribution in [0.25, 0.3) is 0 Å². The van der Waals surface area contributed by atoms with Crippen LogP contribution < -0.4 is 5.32 Å². The summed E-state index contributed by atoms with van der Waals surface area (Å²) in [5.41, 5.74) is 1.76. The molecule has 0 radical (unpaired) electrons. The van der Waals surface area contributed by atoms with E-state index in [1.807, 2.05) is 38.1 Å². The fourth-order valence-corrected chi connectivity index (χ4v) is 1.75. The maximum atomic E-state index is 12.2. The minimum absolute atomic E-state index is 0.0272. The number of rotatable bonds is 8. The predicted octanol–water partition coefficient (Wildman–Crippen LogP) is 3.01. The molecule has 0 aromatic heterocycles. The van der Waals surface area contributed by atoms with Gasteiger partial charge in [0.2, 0.25) is 0 Å². The molecule has 0 atom stereocenters. The number of amides is 1. The van der Waals surface area contributed by atoms with Crippen molar-refractivity contribution in [2.24, 2.45) is 0 Å². The minimum atomic E-state index is 0.0272. The van der Waals surface area contributed by atoms with Gasteiger partial charge in [-0.05, 0) is 44.5 Å². The number of benzene rings is 1. The van der Waals surface area contributed by atoms with E-state index in [0.717, 1.165) is 18.7 Å². The lowest BCUT2D eigenvalue weighted by atomic mass is 10.2. The zero-order valence-electron chi connectivity index (χ0n) is 13.0. The summed E-state index contributed by atoms with van der Waals surface area (Å²) in [5.74, 6) is 0.0272. The fourth-order valence-electron chi connectivity index (χ4n) is 1.75. The molecule has 0 unspecified atom stereocenters. The van der Waals surface area contributed by atoms with Crippen LogP contribution in [-0.4, -0.2) is 43.7 Å². The molecule has 0 aliphatic heterocycles. The number of carbonyl (C=O) groups is 1. The molecule has 1 aromatic rings. The summed E-state index contributed by atoms with van der Waals surface area (Å²) in [6.45, 7) is 8.22. The van der Waals surface area contributed by atoms with E-state index in [0.29, 0.717) is 18.7 Å². The standard InChI is InChI=1S/C16H26N2O2/c1-5-10-17-15-8-6-14(7-9-15)16(19)18(4)11-12-20-13(2)3/h6-9,13,17H,5,10-12H2,1-4H3. The van der Waals surface area contributed by atoms with Crippen LogP contribution in [0, 0.1) is 0 Å². The second kappa shape index (κ2) is 8.59. The molecule has 4 nitrogen and oxygen atoms in total. The Hall–Kier alpha value is -1.55. The molecule has 112 valence electrons. The van der Waals surface area contributed by atoms with Gasteiger partial charge in [-0.3, -0.25) is 4.79 Å². The van der Waals surface area contributed by atoms with Crippen molar-refractivity contribution in [3.63, 3.8) is 0 Å². The Balaban J connectivity index is 2.49. The summed E-state index contributed by atoms with van der Waals surface area (Å²) in [5, 5.41) is 3.29. The van der Waals surface area contributed by atoms with Crippen molar-refractivity contribution >= 4 is 11.6 Å². The van der Waals surface area contributed by atoms with Gasteiger partial charge in [-0.25, -0.2) is 0 Å². The highest BCUT2D eigenvalue weighted by atomic mass is 16.5. The topological polar surface area (TPSA) is 41.6 Å². The van der Waals surface area contributed by atoms with Crippen LogP contribution in [0.5, 0.6) is 0 Å². The number of likely N-dealkylation sites (N-methyl/N-ethyl adjacent to an activating group) is 1. The van der Waals surface area contributed by atoms with E-state index in [9.17, 15) is 4.79 Å². The second-order valence-electron chi connectivity index (χ2n) is 5.15. The first kappa shape index (κ1) is 16.5. The molecule has 0 heterocycles. The summed E-state index contributed by atoms with van der Waals surface area (Å²) in [4.78, 5) is 13.9. The average Bonchev–Trinajstić information content (AvgIpc) is 2.44. The van der Waals surface area contributed by atoms with Crippen LogP contribution >= 0.6 is 0 Å². The Morgan fingerprint density at radius 1 is 1.30 bits per heavy atom. The highest BCUT2D eigenvalue weighted by molar-refractivity contribution is 5.94. The fraction of sp³-hybridized carbons (Fsp3) is 0.562. The van der Waals surface area contributed by atoms with Crippen molar-refractivity contribution in [2.45, 2.75) is 33.3 Å².